The van der Waals surface area contributed by atoms with Gasteiger partial charge in [0, 0.05) is 5.56 Å². The molecule has 0 aliphatic carbocycles. The number of carbonyl (C=O) groups is 1. The second kappa shape index (κ2) is 8.83. The van der Waals surface area contributed by atoms with E-state index in [0.717, 1.165) is 0 Å². The van der Waals surface area contributed by atoms with Crippen LogP contribution in [-0.2, 0) is 14.3 Å². The van der Waals surface area contributed by atoms with Crippen molar-refractivity contribution in [2.75, 3.05) is 20.8 Å². The van der Waals surface area contributed by atoms with Gasteiger partial charge in [0.1, 0.15) is 21.9 Å². The summed E-state index contributed by atoms with van der Waals surface area (Å²) >= 11 is 3.22. The Labute approximate surface area is 174 Å². The van der Waals surface area contributed by atoms with Crippen LogP contribution in [0, 0.1) is 21.4 Å². The van der Waals surface area contributed by atoms with E-state index in [1.54, 1.807) is 6.92 Å². The van der Waals surface area contributed by atoms with E-state index in [9.17, 15) is 20.2 Å². The minimum atomic E-state index is -1.15. The Morgan fingerprint density at radius 1 is 1.45 bits per heavy atom. The Morgan fingerprint density at radius 2 is 2.10 bits per heavy atom. The number of hydrogen-bond acceptors (Lipinski definition) is 9. The van der Waals surface area contributed by atoms with Crippen LogP contribution in [0.25, 0.3) is 0 Å². The molecule has 0 fully saturated rings. The molecule has 29 heavy (non-hydrogen) atoms. The van der Waals surface area contributed by atoms with Crippen LogP contribution in [-0.4, -0.2) is 31.7 Å². The summed E-state index contributed by atoms with van der Waals surface area (Å²) in [5.41, 5.74) is 5.50. The quantitative estimate of drug-likeness (QED) is 0.378. The molecule has 154 valence electrons. The zero-order valence-electron chi connectivity index (χ0n) is 16.1. The second-order valence-corrected chi connectivity index (χ2v) is 6.52. The minimum absolute atomic E-state index is 0.00204. The zero-order chi connectivity index (χ0) is 21.9. The lowest BCUT2D eigenvalue weighted by Crippen LogP contribution is -2.26. The van der Waals surface area contributed by atoms with Crippen LogP contribution >= 0.6 is 15.9 Å². The van der Waals surface area contributed by atoms with Crippen LogP contribution in [0.4, 0.5) is 5.69 Å². The highest BCUT2D eigenvalue weighted by Gasteiger charge is 2.41. The summed E-state index contributed by atoms with van der Waals surface area (Å²) in [4.78, 5) is 23.6. The van der Waals surface area contributed by atoms with Crippen molar-refractivity contribution in [3.8, 4) is 17.6 Å². The van der Waals surface area contributed by atoms with E-state index in [1.807, 2.05) is 6.07 Å². The lowest BCUT2D eigenvalue weighted by molar-refractivity contribution is -0.385. The van der Waals surface area contributed by atoms with Crippen molar-refractivity contribution >= 4 is 27.6 Å². The van der Waals surface area contributed by atoms with Gasteiger partial charge in [0.15, 0.2) is 11.5 Å². The highest BCUT2D eigenvalue weighted by molar-refractivity contribution is 9.10. The molecule has 1 aromatic rings. The van der Waals surface area contributed by atoms with Crippen molar-refractivity contribution in [1.82, 2.24) is 0 Å². The van der Waals surface area contributed by atoms with Gasteiger partial charge in [0.25, 0.3) is 5.69 Å². The van der Waals surface area contributed by atoms with Crippen LogP contribution in [0.15, 0.2) is 33.3 Å². The van der Waals surface area contributed by atoms with E-state index in [1.165, 1.54) is 27.2 Å². The highest BCUT2D eigenvalue weighted by Crippen LogP contribution is 2.51. The molecule has 2 rings (SSSR count). The Morgan fingerprint density at radius 3 is 2.59 bits per heavy atom. The van der Waals surface area contributed by atoms with E-state index in [2.05, 4.69) is 15.9 Å². The molecule has 11 heteroatoms. The first-order valence-corrected chi connectivity index (χ1v) is 9.06. The summed E-state index contributed by atoms with van der Waals surface area (Å²) in [5, 5.41) is 21.3. The monoisotopic (exact) mass is 467 g/mol. The van der Waals surface area contributed by atoms with Crippen molar-refractivity contribution in [3.63, 3.8) is 0 Å². The van der Waals surface area contributed by atoms with E-state index in [-0.39, 0.29) is 56.6 Å². The smallest absolute Gasteiger partial charge is 0.338 e. The van der Waals surface area contributed by atoms with Crippen molar-refractivity contribution < 1.29 is 28.7 Å². The van der Waals surface area contributed by atoms with Crippen molar-refractivity contribution in [2.24, 2.45) is 5.73 Å². The van der Waals surface area contributed by atoms with Gasteiger partial charge in [-0.25, -0.2) is 4.79 Å². The number of ether oxygens (including phenoxy) is 4. The van der Waals surface area contributed by atoms with Gasteiger partial charge in [-0.2, -0.15) is 5.26 Å². The van der Waals surface area contributed by atoms with Gasteiger partial charge in [-0.05, 0) is 29.8 Å². The van der Waals surface area contributed by atoms with Crippen molar-refractivity contribution in [2.45, 2.75) is 19.8 Å². The van der Waals surface area contributed by atoms with E-state index in [4.69, 9.17) is 24.7 Å². The average molecular weight is 468 g/mol. The molecule has 1 atom stereocenters. The molecule has 0 spiro atoms. The number of nitro groups is 1. The van der Waals surface area contributed by atoms with Gasteiger partial charge in [0.2, 0.25) is 5.88 Å². The molecule has 1 aromatic carbocycles. The SMILES string of the molecule is CCOC(=O)C1=C(C)OC(N)=C(C#N)C1c1c(Br)c([N+](=O)[O-])cc(OC)c1OC. The first-order chi connectivity index (χ1) is 13.7. The van der Waals surface area contributed by atoms with E-state index in [0.29, 0.717) is 0 Å². The van der Waals surface area contributed by atoms with Gasteiger partial charge in [0.05, 0.1) is 43.3 Å². The van der Waals surface area contributed by atoms with E-state index < -0.39 is 16.8 Å². The van der Waals surface area contributed by atoms with Crippen molar-refractivity contribution in [1.29, 1.82) is 5.26 Å². The number of methoxy groups -OCH3 is 2. The summed E-state index contributed by atoms with van der Waals surface area (Å²) in [7, 11) is 2.64. The number of esters is 1. The Kier molecular flexibility index (Phi) is 6.71. The lowest BCUT2D eigenvalue weighted by Gasteiger charge is -2.28. The fourth-order valence-corrected chi connectivity index (χ4v) is 3.69. The topological polar surface area (TPSA) is 147 Å². The molecule has 0 saturated heterocycles. The Balaban J connectivity index is 2.97. The number of carbonyl (C=O) groups excluding carboxylic acids is 1. The third-order valence-corrected chi connectivity index (χ3v) is 5.04. The molecule has 2 N–H and O–H groups in total. The number of hydrogen-bond donors (Lipinski definition) is 1. The lowest BCUT2D eigenvalue weighted by atomic mass is 9.82. The molecule has 1 unspecified atom stereocenters. The molecule has 0 aromatic heterocycles. The van der Waals surface area contributed by atoms with Crippen LogP contribution in [0.1, 0.15) is 25.3 Å². The molecule has 0 bridgehead atoms. The van der Waals surface area contributed by atoms with Crippen LogP contribution in [0.3, 0.4) is 0 Å². The Hall–Kier alpha value is -3.26. The van der Waals surface area contributed by atoms with Crippen LogP contribution in [0.2, 0.25) is 0 Å². The fourth-order valence-electron chi connectivity index (χ4n) is 3.02. The number of nitro benzene ring substituents is 1. The summed E-state index contributed by atoms with van der Waals surface area (Å²) in [5.74, 6) is -1.90. The maximum atomic E-state index is 12.7. The number of halogens is 1. The van der Waals surface area contributed by atoms with Gasteiger partial charge < -0.3 is 24.7 Å². The molecule has 1 aliphatic heterocycles. The first kappa shape index (κ1) is 22.0. The molecule has 1 heterocycles. The molecule has 10 nitrogen and oxygen atoms in total. The van der Waals surface area contributed by atoms with Gasteiger partial charge >= 0.3 is 5.97 Å². The standard InChI is InChI=1S/C18H18BrN3O7/c1-5-28-18(23)12-8(2)29-17(21)9(7-20)13(12)14-15(19)10(22(24)25)6-11(26-3)16(14)27-4/h6,13H,5,21H2,1-4H3. The first-order valence-electron chi connectivity index (χ1n) is 8.27. The predicted octanol–water partition coefficient (Wildman–Crippen LogP) is 3.02. The predicted molar refractivity (Wildman–Crippen MR) is 104 cm³/mol. The Bertz CT molecular complexity index is 979. The van der Waals surface area contributed by atoms with Crippen LogP contribution in [0.5, 0.6) is 11.5 Å². The molecule has 0 radical (unpaired) electrons. The molecular formula is C18H18BrN3O7. The summed E-state index contributed by atoms with van der Waals surface area (Å²) in [6.07, 6.45) is 0. The number of benzene rings is 1. The molecular weight excluding hydrogens is 450 g/mol. The fraction of sp³-hybridized carbons (Fsp3) is 0.333. The van der Waals surface area contributed by atoms with E-state index >= 15 is 0 Å². The number of nitrogens with zero attached hydrogens (tertiary/aromatic N) is 2. The summed E-state index contributed by atoms with van der Waals surface area (Å²) < 4.78 is 21.1. The second-order valence-electron chi connectivity index (χ2n) is 5.73. The number of nitriles is 1. The summed E-state index contributed by atoms with van der Waals surface area (Å²) in [6.45, 7) is 3.17. The normalized spacial score (nSPS) is 16.1. The zero-order valence-corrected chi connectivity index (χ0v) is 17.7. The van der Waals surface area contributed by atoms with Crippen LogP contribution < -0.4 is 15.2 Å². The highest BCUT2D eigenvalue weighted by atomic mass is 79.9. The van der Waals surface area contributed by atoms with Gasteiger partial charge in [-0.1, -0.05) is 0 Å². The summed E-state index contributed by atoms with van der Waals surface area (Å²) in [6, 6.07) is 3.09. The maximum Gasteiger partial charge on any atom is 0.338 e. The van der Waals surface area contributed by atoms with Gasteiger partial charge in [-0.15, -0.1) is 0 Å². The van der Waals surface area contributed by atoms with Crippen molar-refractivity contribution in [3.05, 3.63) is 49.0 Å². The average Bonchev–Trinajstić information content (AvgIpc) is 2.66. The van der Waals surface area contributed by atoms with Gasteiger partial charge in [-0.3, -0.25) is 10.1 Å². The minimum Gasteiger partial charge on any atom is -0.493 e. The maximum absolute atomic E-state index is 12.7. The third-order valence-electron chi connectivity index (χ3n) is 4.21. The molecule has 1 aliphatic rings. The largest absolute Gasteiger partial charge is 0.493 e. The number of nitrogens with two attached hydrogens (primary N) is 1. The molecule has 0 saturated carbocycles. The number of allylic oxidation sites excluding steroid dienone is 2. The molecule has 0 amide bonds. The number of rotatable bonds is 6. The third kappa shape index (κ3) is 3.84.